The molecule has 0 saturated heterocycles. The summed E-state index contributed by atoms with van der Waals surface area (Å²) in [5.74, 6) is 0.268. The van der Waals surface area contributed by atoms with Crippen LogP contribution in [0.15, 0.2) is 76.1 Å². The minimum atomic E-state index is -4.21. The number of carbonyl (C=O) groups excluding carboxylic acids is 2. The highest BCUT2D eigenvalue weighted by molar-refractivity contribution is 9.10. The molecule has 0 aliphatic heterocycles. The Hall–Kier alpha value is -3.57. The van der Waals surface area contributed by atoms with E-state index in [2.05, 4.69) is 21.2 Å². The molecule has 0 aliphatic rings. The van der Waals surface area contributed by atoms with E-state index in [1.54, 1.807) is 56.5 Å². The number of anilines is 1. The third-order valence-electron chi connectivity index (χ3n) is 6.99. The van der Waals surface area contributed by atoms with Gasteiger partial charge < -0.3 is 19.7 Å². The zero-order valence-electron chi connectivity index (χ0n) is 24.8. The van der Waals surface area contributed by atoms with Gasteiger partial charge in [-0.1, -0.05) is 36.8 Å². The molecule has 0 heterocycles. The number of aryl methyl sites for hydroxylation is 1. The van der Waals surface area contributed by atoms with Crippen LogP contribution in [0, 0.1) is 6.92 Å². The molecule has 9 nitrogen and oxygen atoms in total. The van der Waals surface area contributed by atoms with Gasteiger partial charge in [0.1, 0.15) is 24.1 Å². The van der Waals surface area contributed by atoms with Crippen molar-refractivity contribution < 1.29 is 27.5 Å². The van der Waals surface area contributed by atoms with Crippen LogP contribution in [0.25, 0.3) is 0 Å². The molecule has 0 spiro atoms. The molecule has 0 aromatic heterocycles. The highest BCUT2D eigenvalue weighted by Crippen LogP contribution is 2.31. The summed E-state index contributed by atoms with van der Waals surface area (Å²) in [7, 11) is -1.16. The van der Waals surface area contributed by atoms with Gasteiger partial charge in [0.2, 0.25) is 11.8 Å². The molecular formula is C31H38BrN3O6S. The maximum Gasteiger partial charge on any atom is 0.264 e. The highest BCUT2D eigenvalue weighted by Gasteiger charge is 2.33. The summed E-state index contributed by atoms with van der Waals surface area (Å²) >= 11 is 3.36. The normalized spacial score (nSPS) is 12.6. The topological polar surface area (TPSA) is 105 Å². The van der Waals surface area contributed by atoms with Crippen molar-refractivity contribution in [2.75, 3.05) is 25.1 Å². The Bertz CT molecular complexity index is 1480. The van der Waals surface area contributed by atoms with Crippen LogP contribution in [0.2, 0.25) is 0 Å². The van der Waals surface area contributed by atoms with Crippen molar-refractivity contribution in [2.45, 2.75) is 57.6 Å². The molecule has 226 valence electrons. The van der Waals surface area contributed by atoms with E-state index in [0.717, 1.165) is 21.9 Å². The van der Waals surface area contributed by atoms with E-state index in [-0.39, 0.29) is 23.4 Å². The molecule has 0 saturated carbocycles. The summed E-state index contributed by atoms with van der Waals surface area (Å²) in [6.07, 6.45) is 0.724. The number of benzene rings is 3. The minimum Gasteiger partial charge on any atom is -0.497 e. The Morgan fingerprint density at radius 3 is 2.14 bits per heavy atom. The lowest BCUT2D eigenvalue weighted by atomic mass is 10.1. The second kappa shape index (κ2) is 14.6. The highest BCUT2D eigenvalue weighted by atomic mass is 79.9. The van der Waals surface area contributed by atoms with E-state index >= 15 is 0 Å². The van der Waals surface area contributed by atoms with E-state index < -0.39 is 28.5 Å². The number of sulfonamides is 1. The standard InChI is InChI=1S/C31H38BrN3O6S/c1-7-22(3)33-31(37)23(4)34(19-24-10-14-26(40-5)15-11-24)30(36)20-35(25-12-8-21(2)9-13-25)42(38,39)27-16-17-29(41-6)28(32)18-27/h8-18,22-23H,7,19-20H2,1-6H3,(H,33,37)/t22-,23+/m0/s1. The molecule has 11 heteroatoms. The van der Waals surface area contributed by atoms with E-state index in [1.165, 1.54) is 24.1 Å². The van der Waals surface area contributed by atoms with Gasteiger partial charge in [-0.25, -0.2) is 8.42 Å². The van der Waals surface area contributed by atoms with Crippen LogP contribution >= 0.6 is 15.9 Å². The Balaban J connectivity index is 2.04. The largest absolute Gasteiger partial charge is 0.497 e. The van der Waals surface area contributed by atoms with Crippen LogP contribution in [0.1, 0.15) is 38.3 Å². The monoisotopic (exact) mass is 659 g/mol. The van der Waals surface area contributed by atoms with Crippen LogP contribution in [0.3, 0.4) is 0 Å². The van der Waals surface area contributed by atoms with Crippen LogP contribution in [-0.2, 0) is 26.2 Å². The van der Waals surface area contributed by atoms with Crippen molar-refractivity contribution in [2.24, 2.45) is 0 Å². The summed E-state index contributed by atoms with van der Waals surface area (Å²) in [6.45, 7) is 6.95. The van der Waals surface area contributed by atoms with Crippen LogP contribution < -0.4 is 19.1 Å². The van der Waals surface area contributed by atoms with Gasteiger partial charge in [0, 0.05) is 12.6 Å². The van der Waals surface area contributed by atoms with Gasteiger partial charge in [-0.2, -0.15) is 0 Å². The molecule has 0 bridgehead atoms. The lowest BCUT2D eigenvalue weighted by molar-refractivity contribution is -0.139. The quantitative estimate of drug-likeness (QED) is 0.267. The van der Waals surface area contributed by atoms with Gasteiger partial charge in [-0.05, 0) is 91.1 Å². The molecule has 2 atom stereocenters. The number of methoxy groups -OCH3 is 2. The predicted molar refractivity (Wildman–Crippen MR) is 167 cm³/mol. The fourth-order valence-electron chi connectivity index (χ4n) is 4.15. The Labute approximate surface area is 257 Å². The van der Waals surface area contributed by atoms with Crippen molar-refractivity contribution in [1.29, 1.82) is 0 Å². The number of amides is 2. The van der Waals surface area contributed by atoms with Crippen molar-refractivity contribution in [3.8, 4) is 11.5 Å². The summed E-state index contributed by atoms with van der Waals surface area (Å²) < 4.78 is 40.1. The lowest BCUT2D eigenvalue weighted by Gasteiger charge is -2.32. The fourth-order valence-corrected chi connectivity index (χ4v) is 6.28. The first-order valence-electron chi connectivity index (χ1n) is 13.6. The minimum absolute atomic E-state index is 0.0205. The first-order chi connectivity index (χ1) is 19.9. The Morgan fingerprint density at radius 1 is 0.952 bits per heavy atom. The van der Waals surface area contributed by atoms with Crippen LogP contribution in [0.4, 0.5) is 5.69 Å². The van der Waals surface area contributed by atoms with Gasteiger partial charge in [0.05, 0.1) is 29.3 Å². The van der Waals surface area contributed by atoms with E-state index in [1.807, 2.05) is 32.9 Å². The molecule has 1 N–H and O–H groups in total. The first kappa shape index (κ1) is 32.9. The fraction of sp³-hybridized carbons (Fsp3) is 0.355. The van der Waals surface area contributed by atoms with Crippen LogP contribution in [0.5, 0.6) is 11.5 Å². The number of carbonyl (C=O) groups is 2. The molecule has 0 fully saturated rings. The summed E-state index contributed by atoms with van der Waals surface area (Å²) in [5.41, 5.74) is 2.02. The zero-order valence-corrected chi connectivity index (χ0v) is 27.2. The third-order valence-corrected chi connectivity index (χ3v) is 9.38. The average Bonchev–Trinajstić information content (AvgIpc) is 2.98. The average molecular weight is 661 g/mol. The van der Waals surface area contributed by atoms with Crippen LogP contribution in [-0.4, -0.2) is 58.0 Å². The SMILES string of the molecule is CC[C@H](C)NC(=O)[C@@H](C)N(Cc1ccc(OC)cc1)C(=O)CN(c1ccc(C)cc1)S(=O)(=O)c1ccc(OC)c(Br)c1. The first-order valence-corrected chi connectivity index (χ1v) is 15.8. The molecular weight excluding hydrogens is 622 g/mol. The van der Waals surface area contributed by atoms with Gasteiger partial charge in [-0.15, -0.1) is 0 Å². The number of halogens is 1. The number of hydrogen-bond donors (Lipinski definition) is 1. The third kappa shape index (κ3) is 8.04. The van der Waals surface area contributed by atoms with Crippen molar-refractivity contribution in [1.82, 2.24) is 10.2 Å². The Morgan fingerprint density at radius 2 is 1.60 bits per heavy atom. The van der Waals surface area contributed by atoms with Crippen molar-refractivity contribution in [3.63, 3.8) is 0 Å². The van der Waals surface area contributed by atoms with Gasteiger partial charge in [0.15, 0.2) is 0 Å². The maximum atomic E-state index is 14.1. The Kier molecular flexibility index (Phi) is 11.4. The molecule has 0 radical (unpaired) electrons. The maximum absolute atomic E-state index is 14.1. The molecule has 3 aromatic rings. The molecule has 2 amide bonds. The number of rotatable bonds is 13. The van der Waals surface area contributed by atoms with E-state index in [0.29, 0.717) is 21.7 Å². The number of ether oxygens (including phenoxy) is 2. The second-order valence-corrected chi connectivity index (χ2v) is 12.7. The lowest BCUT2D eigenvalue weighted by Crippen LogP contribution is -2.52. The molecule has 42 heavy (non-hydrogen) atoms. The summed E-state index contributed by atoms with van der Waals surface area (Å²) in [6, 6.07) is 17.5. The van der Waals surface area contributed by atoms with E-state index in [9.17, 15) is 18.0 Å². The number of nitrogens with zero attached hydrogens (tertiary/aromatic N) is 2. The van der Waals surface area contributed by atoms with Crippen molar-refractivity contribution in [3.05, 3.63) is 82.3 Å². The van der Waals surface area contributed by atoms with Gasteiger partial charge in [-0.3, -0.25) is 13.9 Å². The summed E-state index contributed by atoms with van der Waals surface area (Å²) in [5, 5.41) is 2.93. The molecule has 3 rings (SSSR count). The van der Waals surface area contributed by atoms with E-state index in [4.69, 9.17) is 9.47 Å². The second-order valence-electron chi connectivity index (χ2n) is 10.0. The number of nitrogens with one attached hydrogen (secondary N) is 1. The van der Waals surface area contributed by atoms with Crippen molar-refractivity contribution >= 4 is 43.5 Å². The number of hydrogen-bond acceptors (Lipinski definition) is 6. The van der Waals surface area contributed by atoms with Gasteiger partial charge in [0.25, 0.3) is 10.0 Å². The van der Waals surface area contributed by atoms with Gasteiger partial charge >= 0.3 is 0 Å². The molecule has 0 unspecified atom stereocenters. The predicted octanol–water partition coefficient (Wildman–Crippen LogP) is 5.30. The zero-order chi connectivity index (χ0) is 31.0. The molecule has 0 aliphatic carbocycles. The summed E-state index contributed by atoms with van der Waals surface area (Å²) in [4.78, 5) is 28.6. The molecule has 3 aromatic carbocycles. The smallest absolute Gasteiger partial charge is 0.264 e.